The van der Waals surface area contributed by atoms with Crippen LogP contribution in [0.15, 0.2) is 58.7 Å². The minimum absolute atomic E-state index is 0.345. The molecule has 18 heavy (non-hydrogen) atoms. The molecule has 0 aromatic rings. The lowest BCUT2D eigenvalue weighted by atomic mass is 9.87. The normalized spacial score (nSPS) is 25.8. The predicted molar refractivity (Wildman–Crippen MR) is 77.3 cm³/mol. The van der Waals surface area contributed by atoms with Crippen LogP contribution < -0.4 is 5.73 Å². The summed E-state index contributed by atoms with van der Waals surface area (Å²) >= 11 is 0. The topological polar surface area (TPSA) is 35.2 Å². The molecule has 0 fully saturated rings. The molecule has 0 aromatic heterocycles. The van der Waals surface area contributed by atoms with E-state index in [9.17, 15) is 0 Å². The Morgan fingerprint density at radius 1 is 1.39 bits per heavy atom. The van der Waals surface area contributed by atoms with Crippen LogP contribution in [0.25, 0.3) is 0 Å². The van der Waals surface area contributed by atoms with Crippen molar-refractivity contribution in [1.29, 1.82) is 0 Å². The monoisotopic (exact) mass is 257 g/mol. The summed E-state index contributed by atoms with van der Waals surface area (Å²) in [5, 5.41) is 0. The molecule has 0 spiro atoms. The maximum Gasteiger partial charge on any atom is 0.127 e. The van der Waals surface area contributed by atoms with Crippen molar-refractivity contribution in [3.63, 3.8) is 0 Å². The number of nitrogens with two attached hydrogens (primary N) is 1. The molecule has 3 rings (SSSR count). The molecule has 2 aliphatic carbocycles. The Morgan fingerprint density at radius 2 is 2.28 bits per heavy atom. The molecule has 1 unspecified atom stereocenters. The highest BCUT2D eigenvalue weighted by atomic mass is 31.1. The van der Waals surface area contributed by atoms with Crippen LogP contribution in [0.4, 0.5) is 0 Å². The van der Waals surface area contributed by atoms with E-state index in [2.05, 4.69) is 24.5 Å². The molecule has 1 aliphatic heterocycles. The zero-order valence-electron chi connectivity index (χ0n) is 10.2. The van der Waals surface area contributed by atoms with E-state index in [-0.39, 0.29) is 0 Å². The molecule has 1 heterocycles. The molecule has 0 aromatic carbocycles. The highest BCUT2D eigenvalue weighted by Gasteiger charge is 2.33. The SMILES string of the molecule is C=PCC1=CC=CC2=C(C1)C1CC(N)=CC=C1O2. The lowest BCUT2D eigenvalue weighted by Gasteiger charge is -2.18. The number of hydrogen-bond acceptors (Lipinski definition) is 2. The Morgan fingerprint density at radius 3 is 3.11 bits per heavy atom. The average Bonchev–Trinajstić information content (AvgIpc) is 2.55. The molecule has 2 nitrogen and oxygen atoms in total. The van der Waals surface area contributed by atoms with Crippen molar-refractivity contribution in [2.75, 3.05) is 6.16 Å². The molecule has 2 N–H and O–H groups in total. The van der Waals surface area contributed by atoms with Gasteiger partial charge in [-0.3, -0.25) is 0 Å². The van der Waals surface area contributed by atoms with Crippen LogP contribution >= 0.6 is 8.20 Å². The number of rotatable bonds is 2. The summed E-state index contributed by atoms with van der Waals surface area (Å²) in [6.07, 6.45) is 17.1. The maximum atomic E-state index is 5.94. The van der Waals surface area contributed by atoms with Crippen LogP contribution in [0.1, 0.15) is 12.8 Å². The van der Waals surface area contributed by atoms with Crippen LogP contribution in [-0.2, 0) is 4.74 Å². The zero-order valence-corrected chi connectivity index (χ0v) is 11.1. The van der Waals surface area contributed by atoms with Crippen LogP contribution in [0, 0.1) is 5.92 Å². The summed E-state index contributed by atoms with van der Waals surface area (Å²) in [6, 6.07) is 0. The Bertz CT molecular complexity index is 549. The summed E-state index contributed by atoms with van der Waals surface area (Å²) in [7, 11) is 1.17. The van der Waals surface area contributed by atoms with Crippen LogP contribution in [0.5, 0.6) is 0 Å². The van der Waals surface area contributed by atoms with Gasteiger partial charge in [0.1, 0.15) is 11.5 Å². The van der Waals surface area contributed by atoms with Crippen molar-refractivity contribution < 1.29 is 4.74 Å². The first kappa shape index (κ1) is 11.6. The molecular weight excluding hydrogens is 241 g/mol. The van der Waals surface area contributed by atoms with Gasteiger partial charge in [0.05, 0.1) is 0 Å². The summed E-state index contributed by atoms with van der Waals surface area (Å²) in [5.41, 5.74) is 9.68. The van der Waals surface area contributed by atoms with E-state index in [4.69, 9.17) is 10.5 Å². The van der Waals surface area contributed by atoms with Gasteiger partial charge in [-0.25, -0.2) is 0 Å². The van der Waals surface area contributed by atoms with Gasteiger partial charge in [0.25, 0.3) is 0 Å². The second-order valence-electron chi connectivity index (χ2n) is 4.80. The highest BCUT2D eigenvalue weighted by Crippen LogP contribution is 2.43. The fourth-order valence-electron chi connectivity index (χ4n) is 2.65. The van der Waals surface area contributed by atoms with E-state index in [0.717, 1.165) is 36.2 Å². The van der Waals surface area contributed by atoms with Crippen molar-refractivity contribution >= 4 is 14.5 Å². The van der Waals surface area contributed by atoms with Gasteiger partial charge in [-0.2, -0.15) is 0 Å². The van der Waals surface area contributed by atoms with E-state index >= 15 is 0 Å². The van der Waals surface area contributed by atoms with Crippen molar-refractivity contribution in [3.8, 4) is 0 Å². The third kappa shape index (κ3) is 1.97. The Kier molecular flexibility index (Phi) is 2.97. The molecule has 3 aliphatic rings. The van der Waals surface area contributed by atoms with Crippen molar-refractivity contribution in [1.82, 2.24) is 0 Å². The Hall–Kier alpha value is -1.53. The molecular formula is C15H16NOP. The Balaban J connectivity index is 1.91. The molecule has 92 valence electrons. The van der Waals surface area contributed by atoms with E-state index in [1.807, 2.05) is 12.2 Å². The molecule has 0 saturated heterocycles. The lowest BCUT2D eigenvalue weighted by Crippen LogP contribution is -2.12. The molecule has 0 amide bonds. The molecule has 0 bridgehead atoms. The van der Waals surface area contributed by atoms with Gasteiger partial charge in [-0.1, -0.05) is 24.0 Å². The second kappa shape index (κ2) is 4.62. The number of ether oxygens (including phenoxy) is 1. The van der Waals surface area contributed by atoms with E-state index in [1.165, 1.54) is 19.4 Å². The van der Waals surface area contributed by atoms with Gasteiger partial charge in [0.2, 0.25) is 0 Å². The van der Waals surface area contributed by atoms with Gasteiger partial charge < -0.3 is 10.5 Å². The minimum atomic E-state index is 0.345. The zero-order chi connectivity index (χ0) is 12.5. The quantitative estimate of drug-likeness (QED) is 0.770. The molecule has 1 atom stereocenters. The van der Waals surface area contributed by atoms with Crippen LogP contribution in [0.2, 0.25) is 0 Å². The predicted octanol–water partition coefficient (Wildman–Crippen LogP) is 3.28. The highest BCUT2D eigenvalue weighted by molar-refractivity contribution is 7.36. The van der Waals surface area contributed by atoms with Crippen molar-refractivity contribution in [2.24, 2.45) is 11.7 Å². The standard InChI is InChI=1S/C15H16NOP/c1-18-9-10-3-2-4-14-12(7-10)13-8-11(16)5-6-15(13)17-14/h2-6,13H,1,7-9,16H2. The third-order valence-electron chi connectivity index (χ3n) is 3.52. The largest absolute Gasteiger partial charge is 0.461 e. The second-order valence-corrected chi connectivity index (χ2v) is 5.56. The van der Waals surface area contributed by atoms with Gasteiger partial charge >= 0.3 is 0 Å². The van der Waals surface area contributed by atoms with Gasteiger partial charge in [-0.05, 0) is 30.2 Å². The molecule has 3 heteroatoms. The first-order valence-corrected chi connectivity index (χ1v) is 7.40. The smallest absolute Gasteiger partial charge is 0.127 e. The average molecular weight is 257 g/mol. The molecule has 0 saturated carbocycles. The minimum Gasteiger partial charge on any atom is -0.461 e. The summed E-state index contributed by atoms with van der Waals surface area (Å²) in [6.45, 7) is 0. The Labute approximate surface area is 109 Å². The summed E-state index contributed by atoms with van der Waals surface area (Å²) < 4.78 is 5.93. The van der Waals surface area contributed by atoms with Crippen molar-refractivity contribution in [3.05, 3.63) is 58.7 Å². The summed E-state index contributed by atoms with van der Waals surface area (Å²) in [5.74, 6) is 2.41. The molecule has 0 radical (unpaired) electrons. The lowest BCUT2D eigenvalue weighted by molar-refractivity contribution is 0.314. The van der Waals surface area contributed by atoms with Gasteiger partial charge in [0, 0.05) is 24.2 Å². The van der Waals surface area contributed by atoms with Crippen LogP contribution in [0.3, 0.4) is 0 Å². The maximum absolute atomic E-state index is 5.94. The first-order chi connectivity index (χ1) is 8.78. The van der Waals surface area contributed by atoms with E-state index in [0.29, 0.717) is 5.92 Å². The fraction of sp³-hybridized carbons (Fsp3) is 0.267. The van der Waals surface area contributed by atoms with Crippen LogP contribution in [-0.4, -0.2) is 12.5 Å². The summed E-state index contributed by atoms with van der Waals surface area (Å²) in [4.78, 5) is 0. The fourth-order valence-corrected chi connectivity index (χ4v) is 3.16. The number of allylic oxidation sites excluding steroid dienone is 8. The first-order valence-electron chi connectivity index (χ1n) is 6.13. The van der Waals surface area contributed by atoms with E-state index < -0.39 is 0 Å². The number of fused-ring (bicyclic) bond motifs is 2. The number of hydrogen-bond donors (Lipinski definition) is 1. The van der Waals surface area contributed by atoms with Gasteiger partial charge in [0.15, 0.2) is 0 Å². The van der Waals surface area contributed by atoms with Crippen molar-refractivity contribution in [2.45, 2.75) is 12.8 Å². The van der Waals surface area contributed by atoms with E-state index in [1.54, 1.807) is 0 Å². The van der Waals surface area contributed by atoms with Gasteiger partial charge in [-0.15, -0.1) is 8.20 Å². The third-order valence-corrected chi connectivity index (χ3v) is 4.15.